The lowest BCUT2D eigenvalue weighted by atomic mass is 9.83. The summed E-state index contributed by atoms with van der Waals surface area (Å²) in [6.45, 7) is 6.58. The van der Waals surface area contributed by atoms with Crippen LogP contribution >= 0.6 is 0 Å². The minimum Gasteiger partial charge on any atom is -0.396 e. The molecular weight excluding hydrogens is 216 g/mol. The molecule has 4 heteroatoms. The van der Waals surface area contributed by atoms with Gasteiger partial charge in [0.25, 0.3) is 0 Å². The van der Waals surface area contributed by atoms with Crippen molar-refractivity contribution < 1.29 is 9.90 Å². The van der Waals surface area contributed by atoms with E-state index in [1.54, 1.807) is 0 Å². The zero-order chi connectivity index (χ0) is 12.7. The molecule has 1 saturated heterocycles. The van der Waals surface area contributed by atoms with Crippen LogP contribution in [0.5, 0.6) is 0 Å². The van der Waals surface area contributed by atoms with Crippen molar-refractivity contribution in [2.24, 2.45) is 5.41 Å². The number of hydrogen-bond donors (Lipinski definition) is 2. The van der Waals surface area contributed by atoms with Crippen LogP contribution in [0.25, 0.3) is 0 Å². The molecule has 1 rings (SSSR count). The van der Waals surface area contributed by atoms with Crippen LogP contribution in [-0.2, 0) is 0 Å². The van der Waals surface area contributed by atoms with Crippen LogP contribution in [0.2, 0.25) is 0 Å². The summed E-state index contributed by atoms with van der Waals surface area (Å²) in [4.78, 5) is 13.8. The second-order valence-corrected chi connectivity index (χ2v) is 5.07. The number of aliphatic hydroxyl groups is 1. The minimum atomic E-state index is -0.147. The van der Waals surface area contributed by atoms with E-state index in [-0.39, 0.29) is 18.1 Å². The number of carbonyl (C=O) groups excluding carboxylic acids is 1. The molecule has 0 saturated carbocycles. The van der Waals surface area contributed by atoms with Gasteiger partial charge in [0, 0.05) is 25.0 Å². The summed E-state index contributed by atoms with van der Waals surface area (Å²) >= 11 is 0. The third kappa shape index (κ3) is 3.87. The third-order valence-electron chi connectivity index (χ3n) is 4.09. The topological polar surface area (TPSA) is 52.6 Å². The molecule has 0 bridgehead atoms. The number of amides is 2. The van der Waals surface area contributed by atoms with Gasteiger partial charge in [0.15, 0.2) is 0 Å². The summed E-state index contributed by atoms with van der Waals surface area (Å²) in [7, 11) is 0. The smallest absolute Gasteiger partial charge is 0.317 e. The second-order valence-electron chi connectivity index (χ2n) is 5.07. The van der Waals surface area contributed by atoms with Crippen molar-refractivity contribution >= 4 is 6.03 Å². The molecular formula is C13H26N2O2. The summed E-state index contributed by atoms with van der Waals surface area (Å²) in [5.74, 6) is 0. The Balaban J connectivity index is 2.40. The Hall–Kier alpha value is -0.770. The molecule has 0 radical (unpaired) electrons. The molecule has 0 aliphatic carbocycles. The van der Waals surface area contributed by atoms with E-state index in [1.807, 2.05) is 4.90 Å². The first-order valence-electron chi connectivity index (χ1n) is 6.81. The zero-order valence-electron chi connectivity index (χ0n) is 11.2. The largest absolute Gasteiger partial charge is 0.396 e. The Morgan fingerprint density at radius 1 is 1.24 bits per heavy atom. The highest BCUT2D eigenvalue weighted by Crippen LogP contribution is 2.24. The highest BCUT2D eigenvalue weighted by Gasteiger charge is 2.27. The number of urea groups is 1. The van der Waals surface area contributed by atoms with Crippen LogP contribution in [0.3, 0.4) is 0 Å². The zero-order valence-corrected chi connectivity index (χ0v) is 11.2. The predicted molar refractivity (Wildman–Crippen MR) is 68.9 cm³/mol. The van der Waals surface area contributed by atoms with Crippen molar-refractivity contribution in [2.45, 2.75) is 46.0 Å². The van der Waals surface area contributed by atoms with Crippen molar-refractivity contribution in [1.29, 1.82) is 0 Å². The van der Waals surface area contributed by atoms with Gasteiger partial charge in [-0.1, -0.05) is 13.8 Å². The Kier molecular flexibility index (Phi) is 5.75. The maximum absolute atomic E-state index is 11.9. The van der Waals surface area contributed by atoms with Gasteiger partial charge < -0.3 is 15.3 Å². The average molecular weight is 242 g/mol. The van der Waals surface area contributed by atoms with E-state index in [4.69, 9.17) is 0 Å². The van der Waals surface area contributed by atoms with Crippen LogP contribution < -0.4 is 5.32 Å². The van der Waals surface area contributed by atoms with Crippen LogP contribution in [-0.4, -0.2) is 42.3 Å². The highest BCUT2D eigenvalue weighted by atomic mass is 16.3. The molecule has 0 aromatic carbocycles. The van der Waals surface area contributed by atoms with E-state index in [1.165, 1.54) is 6.42 Å². The first-order valence-corrected chi connectivity index (χ1v) is 6.81. The first-order chi connectivity index (χ1) is 8.17. The number of nitrogens with one attached hydrogen (secondary N) is 1. The average Bonchev–Trinajstić information content (AvgIpc) is 2.41. The molecule has 2 amide bonds. The van der Waals surface area contributed by atoms with Crippen molar-refractivity contribution in [3.63, 3.8) is 0 Å². The van der Waals surface area contributed by atoms with Gasteiger partial charge in [0.05, 0.1) is 6.61 Å². The molecule has 0 spiro atoms. The van der Waals surface area contributed by atoms with Gasteiger partial charge in [-0.05, 0) is 32.1 Å². The van der Waals surface area contributed by atoms with Crippen LogP contribution in [0, 0.1) is 5.41 Å². The normalized spacial score (nSPS) is 17.0. The van der Waals surface area contributed by atoms with Gasteiger partial charge in [-0.15, -0.1) is 0 Å². The lowest BCUT2D eigenvalue weighted by Gasteiger charge is -2.32. The lowest BCUT2D eigenvalue weighted by molar-refractivity contribution is 0.111. The maximum Gasteiger partial charge on any atom is 0.317 e. The van der Waals surface area contributed by atoms with E-state index >= 15 is 0 Å². The maximum atomic E-state index is 11.9. The van der Waals surface area contributed by atoms with Crippen molar-refractivity contribution in [2.75, 3.05) is 26.2 Å². The van der Waals surface area contributed by atoms with E-state index in [9.17, 15) is 9.90 Å². The van der Waals surface area contributed by atoms with Gasteiger partial charge >= 0.3 is 6.03 Å². The molecule has 0 aromatic rings. The fraction of sp³-hybridized carbons (Fsp3) is 0.923. The van der Waals surface area contributed by atoms with E-state index in [0.717, 1.165) is 38.8 Å². The standard InChI is InChI=1S/C13H26N2O2/c1-3-13(4-2,11-16)10-14-12(17)15-8-6-5-7-9-15/h16H,3-11H2,1-2H3,(H,14,17). The van der Waals surface area contributed by atoms with Crippen molar-refractivity contribution in [3.05, 3.63) is 0 Å². The Morgan fingerprint density at radius 3 is 2.29 bits per heavy atom. The molecule has 1 fully saturated rings. The van der Waals surface area contributed by atoms with Gasteiger partial charge in [-0.3, -0.25) is 0 Å². The van der Waals surface area contributed by atoms with Gasteiger partial charge in [0.1, 0.15) is 0 Å². The monoisotopic (exact) mass is 242 g/mol. The number of rotatable bonds is 5. The number of likely N-dealkylation sites (tertiary alicyclic amines) is 1. The van der Waals surface area contributed by atoms with Crippen LogP contribution in [0.1, 0.15) is 46.0 Å². The predicted octanol–water partition coefficient (Wildman–Crippen LogP) is 1.98. The molecule has 4 nitrogen and oxygen atoms in total. The Labute approximate surface area is 104 Å². The van der Waals surface area contributed by atoms with E-state index in [2.05, 4.69) is 19.2 Å². The number of carbonyl (C=O) groups is 1. The lowest BCUT2D eigenvalue weighted by Crippen LogP contribution is -2.47. The third-order valence-corrected chi connectivity index (χ3v) is 4.09. The van der Waals surface area contributed by atoms with Crippen LogP contribution in [0.4, 0.5) is 4.79 Å². The number of nitrogens with zero attached hydrogens (tertiary/aromatic N) is 1. The van der Waals surface area contributed by atoms with E-state index < -0.39 is 0 Å². The van der Waals surface area contributed by atoms with Crippen molar-refractivity contribution in [1.82, 2.24) is 10.2 Å². The molecule has 1 aliphatic heterocycles. The summed E-state index contributed by atoms with van der Waals surface area (Å²) in [6, 6.07) is 0.0319. The summed E-state index contributed by atoms with van der Waals surface area (Å²) in [6.07, 6.45) is 5.23. The summed E-state index contributed by atoms with van der Waals surface area (Å²) in [5, 5.41) is 12.4. The Morgan fingerprint density at radius 2 is 1.82 bits per heavy atom. The minimum absolute atomic E-state index is 0.0319. The Bertz CT molecular complexity index is 225. The van der Waals surface area contributed by atoms with Crippen molar-refractivity contribution in [3.8, 4) is 0 Å². The fourth-order valence-corrected chi connectivity index (χ4v) is 2.25. The molecule has 2 N–H and O–H groups in total. The van der Waals surface area contributed by atoms with E-state index in [0.29, 0.717) is 6.54 Å². The number of aliphatic hydroxyl groups excluding tert-OH is 1. The SMILES string of the molecule is CCC(CC)(CO)CNC(=O)N1CCCCC1. The molecule has 0 aromatic heterocycles. The van der Waals surface area contributed by atoms with Gasteiger partial charge in [-0.2, -0.15) is 0 Å². The van der Waals surface area contributed by atoms with Crippen LogP contribution in [0.15, 0.2) is 0 Å². The molecule has 1 heterocycles. The molecule has 0 atom stereocenters. The number of piperidine rings is 1. The molecule has 100 valence electrons. The molecule has 17 heavy (non-hydrogen) atoms. The summed E-state index contributed by atoms with van der Waals surface area (Å²) in [5.41, 5.74) is -0.147. The van der Waals surface area contributed by atoms with Gasteiger partial charge in [0.2, 0.25) is 0 Å². The second kappa shape index (κ2) is 6.84. The highest BCUT2D eigenvalue weighted by molar-refractivity contribution is 5.74. The molecule has 0 unspecified atom stereocenters. The first kappa shape index (κ1) is 14.3. The summed E-state index contributed by atoms with van der Waals surface area (Å²) < 4.78 is 0. The molecule has 1 aliphatic rings. The quantitative estimate of drug-likeness (QED) is 0.774. The fourth-order valence-electron chi connectivity index (χ4n) is 2.25. The number of hydrogen-bond acceptors (Lipinski definition) is 2. The van der Waals surface area contributed by atoms with Gasteiger partial charge in [-0.25, -0.2) is 4.79 Å².